The van der Waals surface area contributed by atoms with Crippen LogP contribution in [0.2, 0.25) is 0 Å². The van der Waals surface area contributed by atoms with Crippen LogP contribution in [0.5, 0.6) is 0 Å². The number of rotatable bonds is 6. The van der Waals surface area contributed by atoms with Crippen LogP contribution in [0.25, 0.3) is 0 Å². The molecule has 1 unspecified atom stereocenters. The highest BCUT2D eigenvalue weighted by atomic mass is 16.5. The molecule has 5 N–H and O–H groups in total. The van der Waals surface area contributed by atoms with Crippen LogP contribution in [0.15, 0.2) is 0 Å². The van der Waals surface area contributed by atoms with E-state index in [2.05, 4.69) is 5.32 Å². The zero-order valence-corrected chi connectivity index (χ0v) is 10.4. The molecule has 1 atom stereocenters. The van der Waals surface area contributed by atoms with Gasteiger partial charge in [-0.2, -0.15) is 0 Å². The smallest absolute Gasteiger partial charge is 0.329 e. The lowest BCUT2D eigenvalue weighted by Crippen LogP contribution is -2.60. The van der Waals surface area contributed by atoms with Gasteiger partial charge in [0.1, 0.15) is 5.54 Å². The van der Waals surface area contributed by atoms with Crippen molar-refractivity contribution in [3.8, 4) is 0 Å². The highest BCUT2D eigenvalue weighted by Gasteiger charge is 2.42. The molecule has 0 spiro atoms. The Morgan fingerprint density at radius 3 is 2.32 bits per heavy atom. The summed E-state index contributed by atoms with van der Waals surface area (Å²) in [6, 6.07) is -1.03. The quantitative estimate of drug-likeness (QED) is 0.483. The number of nitrogens with two attached hydrogens (primary N) is 1. The molecule has 8 heteroatoms. The molecule has 1 heterocycles. The monoisotopic (exact) mass is 274 g/mol. The van der Waals surface area contributed by atoms with Gasteiger partial charge >= 0.3 is 11.9 Å². The van der Waals surface area contributed by atoms with Crippen molar-refractivity contribution in [2.45, 2.75) is 37.3 Å². The number of ether oxygens (including phenoxy) is 1. The second kappa shape index (κ2) is 6.48. The van der Waals surface area contributed by atoms with Crippen LogP contribution in [0.4, 0.5) is 0 Å². The van der Waals surface area contributed by atoms with E-state index < -0.39 is 29.4 Å². The molecule has 1 amide bonds. The summed E-state index contributed by atoms with van der Waals surface area (Å²) < 4.78 is 5.07. The van der Waals surface area contributed by atoms with Gasteiger partial charge < -0.3 is 26.0 Å². The molecule has 0 aromatic carbocycles. The average molecular weight is 274 g/mol. The maximum Gasteiger partial charge on any atom is 0.329 e. The first-order valence-corrected chi connectivity index (χ1v) is 5.98. The SMILES string of the molecule is NC(CCC(=O)O)C(=O)NC1(C(=O)O)CCOCC1. The summed E-state index contributed by atoms with van der Waals surface area (Å²) in [5, 5.41) is 20.2. The first-order valence-electron chi connectivity index (χ1n) is 5.98. The minimum atomic E-state index is -1.36. The molecule has 0 radical (unpaired) electrons. The molecular formula is C11H18N2O6. The molecule has 1 saturated heterocycles. The van der Waals surface area contributed by atoms with E-state index >= 15 is 0 Å². The number of carbonyl (C=O) groups excluding carboxylic acids is 1. The van der Waals surface area contributed by atoms with Gasteiger partial charge in [-0.05, 0) is 6.42 Å². The van der Waals surface area contributed by atoms with Crippen LogP contribution < -0.4 is 11.1 Å². The second-order valence-electron chi connectivity index (χ2n) is 4.53. The summed E-state index contributed by atoms with van der Waals surface area (Å²) in [4.78, 5) is 33.5. The van der Waals surface area contributed by atoms with Gasteiger partial charge in [0.25, 0.3) is 0 Å². The number of carboxylic acid groups (broad SMARTS) is 2. The Kier molecular flexibility index (Phi) is 5.25. The zero-order chi connectivity index (χ0) is 14.5. The van der Waals surface area contributed by atoms with E-state index in [9.17, 15) is 19.5 Å². The maximum absolute atomic E-state index is 11.8. The Hall–Kier alpha value is -1.67. The number of carbonyl (C=O) groups is 3. The topological polar surface area (TPSA) is 139 Å². The summed E-state index contributed by atoms with van der Waals surface area (Å²) in [6.45, 7) is 0.494. The lowest BCUT2D eigenvalue weighted by molar-refractivity contribution is -0.152. The largest absolute Gasteiger partial charge is 0.481 e. The highest BCUT2D eigenvalue weighted by Crippen LogP contribution is 2.21. The summed E-state index contributed by atoms with van der Waals surface area (Å²) in [5.74, 6) is -2.83. The van der Waals surface area contributed by atoms with Crippen LogP contribution in [0, 0.1) is 0 Å². The predicted molar refractivity (Wildman–Crippen MR) is 63.4 cm³/mol. The third kappa shape index (κ3) is 4.18. The molecule has 1 aliphatic rings. The second-order valence-corrected chi connectivity index (χ2v) is 4.53. The van der Waals surface area contributed by atoms with Crippen molar-refractivity contribution in [2.75, 3.05) is 13.2 Å². The normalized spacial score (nSPS) is 19.4. The first kappa shape index (κ1) is 15.4. The fraction of sp³-hybridized carbons (Fsp3) is 0.727. The van der Waals surface area contributed by atoms with Gasteiger partial charge in [0.2, 0.25) is 5.91 Å². The van der Waals surface area contributed by atoms with Crippen LogP contribution in [0.3, 0.4) is 0 Å². The number of amides is 1. The Morgan fingerprint density at radius 2 is 1.84 bits per heavy atom. The average Bonchev–Trinajstić information content (AvgIpc) is 2.36. The summed E-state index contributed by atoms with van der Waals surface area (Å²) >= 11 is 0. The fourth-order valence-corrected chi connectivity index (χ4v) is 1.85. The molecule has 0 aromatic rings. The standard InChI is InChI=1S/C11H18N2O6/c12-7(1-2-8(14)15)9(16)13-11(10(17)18)3-5-19-6-4-11/h7H,1-6,12H2,(H,13,16)(H,14,15)(H,17,18). The van der Waals surface area contributed by atoms with Gasteiger partial charge in [-0.15, -0.1) is 0 Å². The minimum absolute atomic E-state index is 0.0344. The van der Waals surface area contributed by atoms with Crippen molar-refractivity contribution in [1.82, 2.24) is 5.32 Å². The van der Waals surface area contributed by atoms with Crippen molar-refractivity contribution in [2.24, 2.45) is 5.73 Å². The molecule has 8 nitrogen and oxygen atoms in total. The number of aliphatic carboxylic acids is 2. The maximum atomic E-state index is 11.8. The van der Waals surface area contributed by atoms with E-state index in [0.29, 0.717) is 0 Å². The van der Waals surface area contributed by atoms with Crippen LogP contribution in [-0.2, 0) is 19.1 Å². The van der Waals surface area contributed by atoms with Crippen molar-refractivity contribution in [3.05, 3.63) is 0 Å². The lowest BCUT2D eigenvalue weighted by atomic mass is 9.89. The van der Waals surface area contributed by atoms with E-state index in [4.69, 9.17) is 15.6 Å². The van der Waals surface area contributed by atoms with Gasteiger partial charge in [-0.25, -0.2) is 4.79 Å². The van der Waals surface area contributed by atoms with E-state index in [0.717, 1.165) is 0 Å². The van der Waals surface area contributed by atoms with Crippen LogP contribution >= 0.6 is 0 Å². The Labute approximate surface area is 109 Å². The van der Waals surface area contributed by atoms with E-state index in [1.165, 1.54) is 0 Å². The van der Waals surface area contributed by atoms with Crippen LogP contribution in [0.1, 0.15) is 25.7 Å². The summed E-state index contributed by atoms with van der Waals surface area (Å²) in [6.07, 6.45) is 0.0601. The van der Waals surface area contributed by atoms with Gasteiger partial charge in [0.15, 0.2) is 0 Å². The van der Waals surface area contributed by atoms with Gasteiger partial charge in [-0.3, -0.25) is 9.59 Å². The molecule has 0 saturated carbocycles. The van der Waals surface area contributed by atoms with Crippen LogP contribution in [-0.4, -0.2) is 52.9 Å². The molecule has 0 aromatic heterocycles. The third-order valence-electron chi connectivity index (χ3n) is 3.12. The molecule has 1 rings (SSSR count). The van der Waals surface area contributed by atoms with E-state index in [1.807, 2.05) is 0 Å². The fourth-order valence-electron chi connectivity index (χ4n) is 1.85. The number of carboxylic acids is 2. The van der Waals surface area contributed by atoms with E-state index in [-0.39, 0.29) is 38.9 Å². The Morgan fingerprint density at radius 1 is 1.26 bits per heavy atom. The van der Waals surface area contributed by atoms with Gasteiger partial charge in [-0.1, -0.05) is 0 Å². The van der Waals surface area contributed by atoms with Crippen molar-refractivity contribution in [3.63, 3.8) is 0 Å². The molecular weight excluding hydrogens is 256 g/mol. The Bertz CT molecular complexity index is 364. The third-order valence-corrected chi connectivity index (χ3v) is 3.12. The molecule has 1 fully saturated rings. The number of nitrogens with one attached hydrogen (secondary N) is 1. The highest BCUT2D eigenvalue weighted by molar-refractivity contribution is 5.89. The lowest BCUT2D eigenvalue weighted by Gasteiger charge is -2.34. The predicted octanol–water partition coefficient (Wildman–Crippen LogP) is -1.07. The molecule has 19 heavy (non-hydrogen) atoms. The molecule has 1 aliphatic heterocycles. The molecule has 0 bridgehead atoms. The number of hydrogen-bond acceptors (Lipinski definition) is 5. The van der Waals surface area contributed by atoms with Gasteiger partial charge in [0.05, 0.1) is 6.04 Å². The summed E-state index contributed by atoms with van der Waals surface area (Å²) in [7, 11) is 0. The van der Waals surface area contributed by atoms with Crippen molar-refractivity contribution < 1.29 is 29.3 Å². The molecule has 0 aliphatic carbocycles. The first-order chi connectivity index (χ1) is 8.87. The zero-order valence-electron chi connectivity index (χ0n) is 10.4. The van der Waals surface area contributed by atoms with Gasteiger partial charge in [0, 0.05) is 32.5 Å². The summed E-state index contributed by atoms with van der Waals surface area (Å²) in [5.41, 5.74) is 4.18. The minimum Gasteiger partial charge on any atom is -0.481 e. The van der Waals surface area contributed by atoms with Crippen molar-refractivity contribution >= 4 is 17.8 Å². The van der Waals surface area contributed by atoms with Crippen molar-refractivity contribution in [1.29, 1.82) is 0 Å². The number of hydrogen-bond donors (Lipinski definition) is 4. The Balaban J connectivity index is 2.61. The van der Waals surface area contributed by atoms with E-state index in [1.54, 1.807) is 0 Å². The molecule has 108 valence electrons.